The monoisotopic (exact) mass is 259 g/mol. The van der Waals surface area contributed by atoms with Crippen LogP contribution in [0.1, 0.15) is 18.9 Å². The Morgan fingerprint density at radius 3 is 2.70 bits per heavy atom. The summed E-state index contributed by atoms with van der Waals surface area (Å²) in [5, 5.41) is 2.61. The van der Waals surface area contributed by atoms with Crippen LogP contribution in [0.3, 0.4) is 0 Å². The van der Waals surface area contributed by atoms with Crippen molar-refractivity contribution in [1.82, 2.24) is 4.98 Å². The van der Waals surface area contributed by atoms with Crippen molar-refractivity contribution in [2.45, 2.75) is 13.3 Å². The topological polar surface area (TPSA) is 15.8 Å². The minimum absolute atomic E-state index is 0.663. The normalized spacial score (nSPS) is 18.6. The second-order valence-electron chi connectivity index (χ2n) is 5.66. The second kappa shape index (κ2) is 4.38. The van der Waals surface area contributed by atoms with Gasteiger partial charge in [0.15, 0.2) is 0 Å². The standard InChI is InChI=1S/C19H17N/c1-13-6-8-14(9-7-13)15-10-11-17-16-4-2-3-5-18(16)20-19(17)12-15/h2-6,8-13,20H,7H2,1H3. The average molecular weight is 259 g/mol. The number of hydrogen-bond acceptors (Lipinski definition) is 0. The molecule has 1 heterocycles. The Hall–Kier alpha value is -2.28. The molecule has 1 atom stereocenters. The third-order valence-corrected chi connectivity index (χ3v) is 4.15. The average Bonchev–Trinajstić information content (AvgIpc) is 2.85. The Balaban J connectivity index is 1.87. The Kier molecular flexibility index (Phi) is 2.53. The summed E-state index contributed by atoms with van der Waals surface area (Å²) in [5.41, 5.74) is 5.06. The SMILES string of the molecule is CC1C=CC(c2ccc3c(c2)[nH]c2ccccc23)=CC1. The van der Waals surface area contributed by atoms with Crippen LogP contribution in [0.15, 0.2) is 60.7 Å². The molecule has 0 bridgehead atoms. The van der Waals surface area contributed by atoms with Gasteiger partial charge < -0.3 is 4.98 Å². The van der Waals surface area contributed by atoms with E-state index in [1.54, 1.807) is 0 Å². The number of aromatic amines is 1. The summed E-state index contributed by atoms with van der Waals surface area (Å²) in [6, 6.07) is 15.2. The molecule has 1 N–H and O–H groups in total. The zero-order chi connectivity index (χ0) is 13.5. The van der Waals surface area contributed by atoms with Gasteiger partial charge in [0.05, 0.1) is 0 Å². The molecule has 0 spiro atoms. The summed E-state index contributed by atoms with van der Waals surface area (Å²) >= 11 is 0. The maximum absolute atomic E-state index is 3.51. The van der Waals surface area contributed by atoms with Gasteiger partial charge in [0.2, 0.25) is 0 Å². The molecule has 3 aromatic rings. The van der Waals surface area contributed by atoms with E-state index in [1.807, 2.05) is 0 Å². The van der Waals surface area contributed by atoms with Crippen molar-refractivity contribution in [3.8, 4) is 0 Å². The molecular formula is C19H17N. The quantitative estimate of drug-likeness (QED) is 0.610. The molecule has 0 radical (unpaired) electrons. The highest BCUT2D eigenvalue weighted by atomic mass is 14.7. The summed E-state index contributed by atoms with van der Waals surface area (Å²) in [5.74, 6) is 0.663. The van der Waals surface area contributed by atoms with Crippen LogP contribution in [0.5, 0.6) is 0 Å². The minimum atomic E-state index is 0.663. The summed E-state index contributed by atoms with van der Waals surface area (Å²) in [6.45, 7) is 2.25. The summed E-state index contributed by atoms with van der Waals surface area (Å²) in [4.78, 5) is 3.51. The zero-order valence-corrected chi connectivity index (χ0v) is 11.6. The van der Waals surface area contributed by atoms with E-state index in [1.165, 1.54) is 32.9 Å². The van der Waals surface area contributed by atoms with Crippen molar-refractivity contribution in [2.24, 2.45) is 5.92 Å². The van der Waals surface area contributed by atoms with Gasteiger partial charge in [-0.25, -0.2) is 0 Å². The molecule has 0 saturated carbocycles. The lowest BCUT2D eigenvalue weighted by atomic mass is 9.94. The fraction of sp³-hybridized carbons (Fsp3) is 0.158. The van der Waals surface area contributed by atoms with Gasteiger partial charge in [-0.3, -0.25) is 0 Å². The van der Waals surface area contributed by atoms with E-state index in [9.17, 15) is 0 Å². The molecule has 98 valence electrons. The van der Waals surface area contributed by atoms with Crippen LogP contribution in [0, 0.1) is 5.92 Å². The fourth-order valence-corrected chi connectivity index (χ4v) is 2.98. The molecule has 20 heavy (non-hydrogen) atoms. The highest BCUT2D eigenvalue weighted by Crippen LogP contribution is 2.30. The molecule has 0 saturated heterocycles. The van der Waals surface area contributed by atoms with Crippen molar-refractivity contribution in [1.29, 1.82) is 0 Å². The largest absolute Gasteiger partial charge is 0.354 e. The summed E-state index contributed by atoms with van der Waals surface area (Å²) in [6.07, 6.45) is 8.02. The van der Waals surface area contributed by atoms with Gasteiger partial charge in [-0.05, 0) is 35.6 Å². The Bertz CT molecular complexity index is 848. The van der Waals surface area contributed by atoms with Crippen LogP contribution < -0.4 is 0 Å². The molecule has 0 aliphatic heterocycles. The number of hydrogen-bond donors (Lipinski definition) is 1. The molecular weight excluding hydrogens is 242 g/mol. The van der Waals surface area contributed by atoms with Crippen LogP contribution in [0.4, 0.5) is 0 Å². The predicted molar refractivity (Wildman–Crippen MR) is 86.7 cm³/mol. The van der Waals surface area contributed by atoms with Crippen molar-refractivity contribution < 1.29 is 0 Å². The van der Waals surface area contributed by atoms with Gasteiger partial charge in [-0.1, -0.05) is 55.5 Å². The number of fused-ring (bicyclic) bond motifs is 3. The predicted octanol–water partition coefficient (Wildman–Crippen LogP) is 5.30. The minimum Gasteiger partial charge on any atom is -0.354 e. The van der Waals surface area contributed by atoms with Gasteiger partial charge in [0.1, 0.15) is 0 Å². The van der Waals surface area contributed by atoms with Crippen LogP contribution in [-0.2, 0) is 0 Å². The molecule has 2 aromatic carbocycles. The van der Waals surface area contributed by atoms with Gasteiger partial charge >= 0.3 is 0 Å². The highest BCUT2D eigenvalue weighted by Gasteiger charge is 2.08. The number of para-hydroxylation sites is 1. The van der Waals surface area contributed by atoms with E-state index in [-0.39, 0.29) is 0 Å². The molecule has 0 fully saturated rings. The van der Waals surface area contributed by atoms with E-state index in [0.717, 1.165) is 6.42 Å². The molecule has 1 aromatic heterocycles. The molecule has 1 unspecified atom stereocenters. The highest BCUT2D eigenvalue weighted by molar-refractivity contribution is 6.07. The molecule has 1 aliphatic carbocycles. The fourth-order valence-electron chi connectivity index (χ4n) is 2.98. The third kappa shape index (κ3) is 1.78. The lowest BCUT2D eigenvalue weighted by molar-refractivity contribution is 0.739. The van der Waals surface area contributed by atoms with Crippen LogP contribution >= 0.6 is 0 Å². The Morgan fingerprint density at radius 2 is 1.85 bits per heavy atom. The van der Waals surface area contributed by atoms with Crippen molar-refractivity contribution in [3.63, 3.8) is 0 Å². The lowest BCUT2D eigenvalue weighted by Gasteiger charge is -2.12. The zero-order valence-electron chi connectivity index (χ0n) is 11.6. The number of H-pyrrole nitrogens is 1. The first-order valence-electron chi connectivity index (χ1n) is 7.20. The molecule has 1 heteroatoms. The first-order chi connectivity index (χ1) is 9.81. The van der Waals surface area contributed by atoms with Crippen molar-refractivity contribution in [3.05, 3.63) is 66.3 Å². The molecule has 0 amide bonds. The van der Waals surface area contributed by atoms with Crippen LogP contribution in [0.2, 0.25) is 0 Å². The molecule has 1 nitrogen and oxygen atoms in total. The number of benzene rings is 2. The molecule has 1 aliphatic rings. The Labute approximate surface area is 118 Å². The van der Waals surface area contributed by atoms with Gasteiger partial charge in [0.25, 0.3) is 0 Å². The second-order valence-corrected chi connectivity index (χ2v) is 5.66. The van der Waals surface area contributed by atoms with Crippen molar-refractivity contribution in [2.75, 3.05) is 0 Å². The van der Waals surface area contributed by atoms with E-state index in [2.05, 4.69) is 72.6 Å². The maximum atomic E-state index is 3.51. The maximum Gasteiger partial charge on any atom is 0.0471 e. The van der Waals surface area contributed by atoms with Crippen LogP contribution in [-0.4, -0.2) is 4.98 Å². The number of rotatable bonds is 1. The lowest BCUT2D eigenvalue weighted by Crippen LogP contribution is -1.94. The van der Waals surface area contributed by atoms with Crippen molar-refractivity contribution >= 4 is 27.4 Å². The summed E-state index contributed by atoms with van der Waals surface area (Å²) < 4.78 is 0. The number of aromatic nitrogens is 1. The first kappa shape index (κ1) is 11.5. The number of nitrogens with one attached hydrogen (secondary N) is 1. The van der Waals surface area contributed by atoms with E-state index in [0.29, 0.717) is 5.92 Å². The third-order valence-electron chi connectivity index (χ3n) is 4.15. The van der Waals surface area contributed by atoms with E-state index >= 15 is 0 Å². The van der Waals surface area contributed by atoms with Gasteiger partial charge in [0, 0.05) is 21.8 Å². The summed E-state index contributed by atoms with van der Waals surface area (Å²) in [7, 11) is 0. The van der Waals surface area contributed by atoms with Gasteiger partial charge in [-0.15, -0.1) is 0 Å². The van der Waals surface area contributed by atoms with E-state index in [4.69, 9.17) is 0 Å². The molecule has 4 rings (SSSR count). The van der Waals surface area contributed by atoms with E-state index < -0.39 is 0 Å². The van der Waals surface area contributed by atoms with Gasteiger partial charge in [-0.2, -0.15) is 0 Å². The first-order valence-corrected chi connectivity index (χ1v) is 7.20. The van der Waals surface area contributed by atoms with Crippen LogP contribution in [0.25, 0.3) is 27.4 Å². The smallest absolute Gasteiger partial charge is 0.0471 e. The Morgan fingerprint density at radius 1 is 1.00 bits per heavy atom. The number of allylic oxidation sites excluding steroid dienone is 4.